The second-order valence-electron chi connectivity index (χ2n) is 12.0. The van der Waals surface area contributed by atoms with E-state index in [2.05, 4.69) is 4.98 Å². The number of aryl methyl sites for hydroxylation is 1. The highest BCUT2D eigenvalue weighted by Gasteiger charge is 2.34. The number of carbonyl (C=O) groups is 2. The summed E-state index contributed by atoms with van der Waals surface area (Å²) in [5.41, 5.74) is 0.399. The Hall–Kier alpha value is -5.58. The Labute approximate surface area is 325 Å². The summed E-state index contributed by atoms with van der Waals surface area (Å²) in [6, 6.07) is 28.5. The lowest BCUT2D eigenvalue weighted by atomic mass is 10.2. The van der Waals surface area contributed by atoms with E-state index in [9.17, 15) is 33.2 Å². The Balaban J connectivity index is 0.00000620. The number of rotatable bonds is 16. The molecule has 4 aromatic carbocycles. The van der Waals surface area contributed by atoms with Gasteiger partial charge in [-0.1, -0.05) is 66.7 Å². The molecule has 1 aliphatic rings. The summed E-state index contributed by atoms with van der Waals surface area (Å²) >= 11 is 0. The van der Waals surface area contributed by atoms with E-state index in [0.717, 1.165) is 4.57 Å². The third-order valence-corrected chi connectivity index (χ3v) is 10.8. The molecule has 1 aliphatic heterocycles. The molecule has 298 valence electrons. The fraction of sp³-hybridized carbons (Fsp3) is 0.158. The highest BCUT2D eigenvalue weighted by molar-refractivity contribution is 7.61. The van der Waals surface area contributed by atoms with Crippen LogP contribution in [-0.4, -0.2) is 34.2 Å². The van der Waals surface area contributed by atoms with E-state index in [1.165, 1.54) is 73.8 Å². The number of carbonyl (C=O) groups excluding carboxylic acids is 2. The highest BCUT2D eigenvalue weighted by atomic mass is 31.3. The fourth-order valence-electron chi connectivity index (χ4n) is 5.01. The predicted molar refractivity (Wildman–Crippen MR) is 203 cm³/mol. The van der Waals surface area contributed by atoms with Crippen LogP contribution in [0.4, 0.5) is 0 Å². The molecular formula is C38H37N3O14P2. The van der Waals surface area contributed by atoms with Crippen LogP contribution in [0.25, 0.3) is 0 Å². The molecule has 5 N–H and O–H groups in total. The van der Waals surface area contributed by atoms with Gasteiger partial charge in [0.15, 0.2) is 6.23 Å². The number of ether oxygens (including phenoxy) is 3. The van der Waals surface area contributed by atoms with Crippen LogP contribution < -0.4 is 31.8 Å². The summed E-state index contributed by atoms with van der Waals surface area (Å²) in [7, 11) is -10.4. The van der Waals surface area contributed by atoms with Crippen molar-refractivity contribution in [2.75, 3.05) is 6.61 Å². The molecule has 0 aliphatic carbocycles. The largest absolute Gasteiger partial charge is 0.756 e. The van der Waals surface area contributed by atoms with Crippen molar-refractivity contribution in [2.45, 2.75) is 32.5 Å². The predicted octanol–water partition coefficient (Wildman–Crippen LogP) is 6.16. The maximum atomic E-state index is 13.9. The van der Waals surface area contributed by atoms with Gasteiger partial charge in [-0.15, -0.1) is 0 Å². The van der Waals surface area contributed by atoms with Gasteiger partial charge in [0.05, 0.1) is 30.9 Å². The number of aromatic amines is 1. The van der Waals surface area contributed by atoms with Gasteiger partial charge in [-0.05, 0) is 72.7 Å². The number of nitrogens with zero attached hydrogens (tertiary/aromatic N) is 1. The van der Waals surface area contributed by atoms with Gasteiger partial charge in [0.2, 0.25) is 0 Å². The first-order valence-electron chi connectivity index (χ1n) is 16.8. The van der Waals surface area contributed by atoms with Gasteiger partial charge in [0.25, 0.3) is 13.4 Å². The Morgan fingerprint density at radius 3 is 1.72 bits per heavy atom. The van der Waals surface area contributed by atoms with E-state index in [-0.39, 0.29) is 23.2 Å². The highest BCUT2D eigenvalue weighted by Crippen LogP contribution is 2.62. The minimum atomic E-state index is -5.44. The third kappa shape index (κ3) is 12.0. The van der Waals surface area contributed by atoms with Crippen LogP contribution in [0.2, 0.25) is 0 Å². The first-order valence-corrected chi connectivity index (χ1v) is 19.7. The summed E-state index contributed by atoms with van der Waals surface area (Å²) < 4.78 is 65.2. The molecule has 0 amide bonds. The second-order valence-corrected chi connectivity index (χ2v) is 15.3. The molecule has 1 unspecified atom stereocenters. The number of phosphoric acid groups is 2. The summed E-state index contributed by atoms with van der Waals surface area (Å²) in [5, 5.41) is 0. The number of hydrogen-bond donors (Lipinski definition) is 2. The second kappa shape index (κ2) is 19.0. The van der Waals surface area contributed by atoms with Gasteiger partial charge in [0, 0.05) is 11.8 Å². The molecule has 17 nitrogen and oxygen atoms in total. The smallest absolute Gasteiger partial charge is 0.481 e. The van der Waals surface area contributed by atoms with Crippen LogP contribution in [-0.2, 0) is 45.0 Å². The monoisotopic (exact) mass is 821 g/mol. The van der Waals surface area contributed by atoms with Crippen molar-refractivity contribution in [3.8, 4) is 11.5 Å². The van der Waals surface area contributed by atoms with Crippen molar-refractivity contribution < 1.29 is 55.7 Å². The summed E-state index contributed by atoms with van der Waals surface area (Å²) in [6.45, 7) is -0.0829. The molecule has 19 heteroatoms. The SMILES string of the molecule is Cc1cn([C@H]2C=C[C@@H](COP(=O)([O-])OP(=O)(OCc3ccc(OC(=O)c4ccccc4)cc3)OCc3ccc(OC(=O)c4ccccc4)cc3)O2)c(=O)[nH]c1=O.[NH4+]. The zero-order valence-corrected chi connectivity index (χ0v) is 32.2. The molecule has 5 aromatic rings. The van der Waals surface area contributed by atoms with E-state index in [4.69, 9.17) is 32.1 Å². The lowest BCUT2D eigenvalue weighted by Crippen LogP contribution is -2.33. The van der Waals surface area contributed by atoms with Crippen molar-refractivity contribution in [1.29, 1.82) is 0 Å². The van der Waals surface area contributed by atoms with E-state index in [1.54, 1.807) is 60.7 Å². The summed E-state index contributed by atoms with van der Waals surface area (Å²) in [4.78, 5) is 64.0. The number of nitrogens with one attached hydrogen (secondary N) is 1. The number of esters is 2. The number of hydrogen-bond acceptors (Lipinski definition) is 14. The van der Waals surface area contributed by atoms with Gasteiger partial charge in [-0.25, -0.2) is 23.3 Å². The molecule has 6 rings (SSSR count). The van der Waals surface area contributed by atoms with E-state index < -0.39 is 71.0 Å². The van der Waals surface area contributed by atoms with Crippen LogP contribution in [0.15, 0.2) is 137 Å². The summed E-state index contributed by atoms with van der Waals surface area (Å²) in [6.07, 6.45) is 2.23. The Kier molecular flexibility index (Phi) is 14.2. The maximum Gasteiger partial charge on any atom is 0.481 e. The lowest BCUT2D eigenvalue weighted by molar-refractivity contribution is -0.220. The average molecular weight is 822 g/mol. The summed E-state index contributed by atoms with van der Waals surface area (Å²) in [5.74, 6) is -0.743. The molecule has 0 saturated heterocycles. The standard InChI is InChI=1S/C38H34N2O14P2.H3N/c1-26-22-40(38(44)39-35(26)41)34-21-20-33(51-34)25-48-55(45,46)54-56(47,49-23-27-12-16-31(17-13-27)52-36(42)29-8-4-2-5-9-29)50-24-28-14-18-32(19-15-28)53-37(43)30-10-6-3-7-11-30;/h2-22,33-34H,23-25H2,1H3,(H,45,46)(H,39,41,44);1H3/t33-,34+;/m0./s1. The first-order chi connectivity index (χ1) is 26.8. The van der Waals surface area contributed by atoms with Crippen molar-refractivity contribution >= 4 is 27.6 Å². The molecule has 0 fully saturated rings. The molecule has 2 heterocycles. The van der Waals surface area contributed by atoms with Gasteiger partial charge in [-0.3, -0.25) is 28.0 Å². The van der Waals surface area contributed by atoms with E-state index in [1.807, 2.05) is 0 Å². The number of aromatic nitrogens is 2. The Morgan fingerprint density at radius 1 is 0.737 bits per heavy atom. The number of phosphoric ester groups is 2. The average Bonchev–Trinajstić information content (AvgIpc) is 3.67. The Morgan fingerprint density at radius 2 is 1.23 bits per heavy atom. The minimum absolute atomic E-state index is 0. The lowest BCUT2D eigenvalue weighted by Gasteiger charge is -2.28. The fourth-order valence-corrected chi connectivity index (χ4v) is 7.57. The van der Waals surface area contributed by atoms with Gasteiger partial charge < -0.3 is 29.8 Å². The first kappa shape index (κ1) is 42.6. The topological polar surface area (TPSA) is 247 Å². The van der Waals surface area contributed by atoms with Crippen LogP contribution >= 0.6 is 15.6 Å². The van der Waals surface area contributed by atoms with Gasteiger partial charge in [-0.2, -0.15) is 0 Å². The van der Waals surface area contributed by atoms with Gasteiger partial charge in [0.1, 0.15) is 17.6 Å². The molecule has 57 heavy (non-hydrogen) atoms. The molecule has 0 saturated carbocycles. The van der Waals surface area contributed by atoms with Crippen molar-refractivity contribution in [3.63, 3.8) is 0 Å². The van der Waals surface area contributed by atoms with Crippen LogP contribution in [0.1, 0.15) is 43.6 Å². The van der Waals surface area contributed by atoms with Crippen molar-refractivity contribution in [3.05, 3.63) is 176 Å². The normalized spacial score (nSPS) is 16.0. The molecule has 0 radical (unpaired) electrons. The molecule has 1 aromatic heterocycles. The molecule has 0 bridgehead atoms. The number of H-pyrrole nitrogens is 1. The zero-order chi connectivity index (χ0) is 39.7. The Bertz CT molecular complexity index is 2300. The van der Waals surface area contributed by atoms with Crippen molar-refractivity contribution in [1.82, 2.24) is 15.7 Å². The number of quaternary nitrogens is 1. The van der Waals surface area contributed by atoms with Crippen LogP contribution in [0.3, 0.4) is 0 Å². The molecular weight excluding hydrogens is 784 g/mol. The molecule has 3 atom stereocenters. The zero-order valence-electron chi connectivity index (χ0n) is 30.5. The van der Waals surface area contributed by atoms with Crippen molar-refractivity contribution in [2.24, 2.45) is 0 Å². The molecule has 0 spiro atoms. The minimum Gasteiger partial charge on any atom is -0.756 e. The van der Waals surface area contributed by atoms with E-state index >= 15 is 0 Å². The third-order valence-electron chi connectivity index (χ3n) is 7.89. The van der Waals surface area contributed by atoms with Crippen LogP contribution in [0, 0.1) is 6.92 Å². The number of benzene rings is 4. The van der Waals surface area contributed by atoms with E-state index in [0.29, 0.717) is 22.3 Å². The quantitative estimate of drug-likeness (QED) is 0.0490. The van der Waals surface area contributed by atoms with Crippen LogP contribution in [0.5, 0.6) is 11.5 Å². The maximum absolute atomic E-state index is 13.9. The van der Waals surface area contributed by atoms with Gasteiger partial charge >= 0.3 is 25.5 Å².